The van der Waals surface area contributed by atoms with Crippen molar-refractivity contribution in [2.75, 3.05) is 17.2 Å². The van der Waals surface area contributed by atoms with E-state index < -0.39 is 21.0 Å². The Morgan fingerprint density at radius 1 is 1.29 bits per heavy atom. The van der Waals surface area contributed by atoms with Crippen molar-refractivity contribution in [2.24, 2.45) is 0 Å². The summed E-state index contributed by atoms with van der Waals surface area (Å²) < 4.78 is 30.9. The molecule has 1 aliphatic rings. The molecular weight excluding hydrogens is 404 g/mol. The van der Waals surface area contributed by atoms with Crippen LogP contribution in [0.25, 0.3) is 0 Å². The van der Waals surface area contributed by atoms with E-state index in [-0.39, 0.29) is 23.8 Å². The second-order valence-corrected chi connectivity index (χ2v) is 9.36. The zero-order valence-electron chi connectivity index (χ0n) is 15.3. The van der Waals surface area contributed by atoms with Gasteiger partial charge in [0.2, 0.25) is 5.91 Å². The quantitative estimate of drug-likeness (QED) is 0.770. The van der Waals surface area contributed by atoms with Crippen LogP contribution in [0, 0.1) is 6.92 Å². The molecule has 2 aromatic rings. The Bertz CT molecular complexity index is 1050. The van der Waals surface area contributed by atoms with E-state index in [1.54, 1.807) is 25.1 Å². The standard InChI is InChI=1S/C19H19ClN2O5S/c1-11-7-13(20)3-5-15(11)21-18(23)8-12(2)28(25,26)14-4-6-17-16(9-14)22-19(24)10-27-17/h3-7,9,12H,8,10H2,1-2H3,(H,21,23)(H,22,24). The van der Waals surface area contributed by atoms with Crippen molar-refractivity contribution in [1.82, 2.24) is 0 Å². The van der Waals surface area contributed by atoms with Crippen LogP contribution in [0.2, 0.25) is 5.02 Å². The van der Waals surface area contributed by atoms with Crippen molar-refractivity contribution in [1.29, 1.82) is 0 Å². The summed E-state index contributed by atoms with van der Waals surface area (Å²) >= 11 is 5.90. The molecule has 148 valence electrons. The zero-order chi connectivity index (χ0) is 20.5. The first-order chi connectivity index (χ1) is 13.2. The zero-order valence-corrected chi connectivity index (χ0v) is 16.9. The molecule has 2 aromatic carbocycles. The van der Waals surface area contributed by atoms with E-state index in [0.717, 1.165) is 5.56 Å². The highest BCUT2D eigenvalue weighted by molar-refractivity contribution is 7.92. The van der Waals surface area contributed by atoms with Gasteiger partial charge in [0.1, 0.15) is 5.75 Å². The molecular formula is C19H19ClN2O5S. The first kappa shape index (κ1) is 20.2. The summed E-state index contributed by atoms with van der Waals surface area (Å²) in [5.41, 5.74) is 1.65. The summed E-state index contributed by atoms with van der Waals surface area (Å²) in [5, 5.41) is 4.88. The number of sulfone groups is 1. The predicted octanol–water partition coefficient (Wildman–Crippen LogP) is 3.17. The molecule has 2 N–H and O–H groups in total. The van der Waals surface area contributed by atoms with Gasteiger partial charge in [-0.25, -0.2) is 8.42 Å². The summed E-state index contributed by atoms with van der Waals surface area (Å²) in [4.78, 5) is 23.8. The SMILES string of the molecule is Cc1cc(Cl)ccc1NC(=O)CC(C)S(=O)(=O)c1ccc2c(c1)NC(=O)CO2. The highest BCUT2D eigenvalue weighted by atomic mass is 35.5. The number of fused-ring (bicyclic) bond motifs is 1. The lowest BCUT2D eigenvalue weighted by Crippen LogP contribution is -2.27. The molecule has 0 bridgehead atoms. The lowest BCUT2D eigenvalue weighted by molar-refractivity contribution is -0.118. The number of hydrogen-bond donors (Lipinski definition) is 2. The van der Waals surface area contributed by atoms with Gasteiger partial charge in [0.25, 0.3) is 5.91 Å². The number of benzene rings is 2. The first-order valence-corrected chi connectivity index (χ1v) is 10.5. The van der Waals surface area contributed by atoms with Gasteiger partial charge >= 0.3 is 0 Å². The number of carbonyl (C=O) groups excluding carboxylic acids is 2. The van der Waals surface area contributed by atoms with Gasteiger partial charge in [-0.1, -0.05) is 11.6 Å². The monoisotopic (exact) mass is 422 g/mol. The van der Waals surface area contributed by atoms with E-state index in [0.29, 0.717) is 22.1 Å². The molecule has 0 saturated heterocycles. The third-order valence-corrected chi connectivity index (χ3v) is 6.75. The fourth-order valence-electron chi connectivity index (χ4n) is 2.81. The molecule has 7 nitrogen and oxygen atoms in total. The molecule has 1 aliphatic heterocycles. The maximum absolute atomic E-state index is 12.8. The third kappa shape index (κ3) is 4.28. The summed E-state index contributed by atoms with van der Waals surface area (Å²) in [6.45, 7) is 3.16. The highest BCUT2D eigenvalue weighted by Gasteiger charge is 2.28. The van der Waals surface area contributed by atoms with E-state index in [2.05, 4.69) is 10.6 Å². The summed E-state index contributed by atoms with van der Waals surface area (Å²) in [5.74, 6) is -0.369. The average Bonchev–Trinajstić information content (AvgIpc) is 2.63. The van der Waals surface area contributed by atoms with Crippen LogP contribution in [0.4, 0.5) is 11.4 Å². The van der Waals surface area contributed by atoms with Crippen LogP contribution in [0.5, 0.6) is 5.75 Å². The normalized spacial score (nSPS) is 14.5. The molecule has 0 aromatic heterocycles. The molecule has 0 aliphatic carbocycles. The fraction of sp³-hybridized carbons (Fsp3) is 0.263. The number of amides is 2. The molecule has 0 saturated carbocycles. The van der Waals surface area contributed by atoms with Crippen LogP contribution in [0.15, 0.2) is 41.3 Å². The van der Waals surface area contributed by atoms with Gasteiger partial charge < -0.3 is 15.4 Å². The van der Waals surface area contributed by atoms with E-state index in [9.17, 15) is 18.0 Å². The average molecular weight is 423 g/mol. The number of aryl methyl sites for hydroxylation is 1. The predicted molar refractivity (Wildman–Crippen MR) is 107 cm³/mol. The van der Waals surface area contributed by atoms with Gasteiger partial charge in [-0.15, -0.1) is 0 Å². The van der Waals surface area contributed by atoms with Gasteiger partial charge in [0.05, 0.1) is 15.8 Å². The topological polar surface area (TPSA) is 102 Å². The lowest BCUT2D eigenvalue weighted by atomic mass is 10.2. The maximum atomic E-state index is 12.8. The first-order valence-electron chi connectivity index (χ1n) is 8.53. The molecule has 28 heavy (non-hydrogen) atoms. The largest absolute Gasteiger partial charge is 0.482 e. The maximum Gasteiger partial charge on any atom is 0.262 e. The molecule has 0 radical (unpaired) electrons. The number of halogens is 1. The molecule has 9 heteroatoms. The van der Waals surface area contributed by atoms with E-state index in [4.69, 9.17) is 16.3 Å². The van der Waals surface area contributed by atoms with E-state index in [1.807, 2.05) is 0 Å². The number of ether oxygens (including phenoxy) is 1. The summed E-state index contributed by atoms with van der Waals surface area (Å²) in [6.07, 6.45) is -0.218. The third-order valence-electron chi connectivity index (χ3n) is 4.38. The minimum absolute atomic E-state index is 0.0139. The minimum Gasteiger partial charge on any atom is -0.482 e. The molecule has 3 rings (SSSR count). The Morgan fingerprint density at radius 3 is 2.75 bits per heavy atom. The van der Waals surface area contributed by atoms with Crippen LogP contribution in [-0.2, 0) is 19.4 Å². The second kappa shape index (κ2) is 7.81. The van der Waals surface area contributed by atoms with Crippen molar-refractivity contribution in [3.05, 3.63) is 47.0 Å². The lowest BCUT2D eigenvalue weighted by Gasteiger charge is -2.19. The molecule has 0 spiro atoms. The Labute approximate surface area is 168 Å². The number of nitrogens with one attached hydrogen (secondary N) is 2. The van der Waals surface area contributed by atoms with Crippen molar-refractivity contribution >= 4 is 44.6 Å². The smallest absolute Gasteiger partial charge is 0.262 e. The molecule has 1 unspecified atom stereocenters. The Hall–Kier alpha value is -2.58. The second-order valence-electron chi connectivity index (χ2n) is 6.56. The van der Waals surface area contributed by atoms with Crippen LogP contribution in [0.1, 0.15) is 18.9 Å². The molecule has 1 heterocycles. The summed E-state index contributed by atoms with van der Waals surface area (Å²) in [7, 11) is -3.78. The molecule has 0 fully saturated rings. The van der Waals surface area contributed by atoms with Gasteiger partial charge in [0, 0.05) is 17.1 Å². The van der Waals surface area contributed by atoms with Crippen molar-refractivity contribution < 1.29 is 22.7 Å². The van der Waals surface area contributed by atoms with Crippen LogP contribution < -0.4 is 15.4 Å². The van der Waals surface area contributed by atoms with Crippen molar-refractivity contribution in [2.45, 2.75) is 30.4 Å². The van der Waals surface area contributed by atoms with Crippen molar-refractivity contribution in [3.63, 3.8) is 0 Å². The number of hydrogen-bond acceptors (Lipinski definition) is 5. The van der Waals surface area contributed by atoms with Crippen LogP contribution >= 0.6 is 11.6 Å². The molecule has 2 amide bonds. The van der Waals surface area contributed by atoms with Gasteiger partial charge in [-0.2, -0.15) is 0 Å². The van der Waals surface area contributed by atoms with E-state index in [1.165, 1.54) is 25.1 Å². The van der Waals surface area contributed by atoms with Gasteiger partial charge in [0.15, 0.2) is 16.4 Å². The van der Waals surface area contributed by atoms with Crippen molar-refractivity contribution in [3.8, 4) is 5.75 Å². The molecule has 1 atom stereocenters. The number of carbonyl (C=O) groups is 2. The van der Waals surface area contributed by atoms with Crippen LogP contribution in [0.3, 0.4) is 0 Å². The van der Waals surface area contributed by atoms with Crippen LogP contribution in [-0.4, -0.2) is 32.1 Å². The Kier molecular flexibility index (Phi) is 5.62. The highest BCUT2D eigenvalue weighted by Crippen LogP contribution is 2.31. The van der Waals surface area contributed by atoms with Gasteiger partial charge in [-0.3, -0.25) is 9.59 Å². The Morgan fingerprint density at radius 2 is 2.04 bits per heavy atom. The number of anilines is 2. The van der Waals surface area contributed by atoms with Gasteiger partial charge in [-0.05, 0) is 55.8 Å². The summed E-state index contributed by atoms with van der Waals surface area (Å²) in [6, 6.07) is 9.27. The Balaban J connectivity index is 1.74. The fourth-order valence-corrected chi connectivity index (χ4v) is 4.41. The number of rotatable bonds is 5. The minimum atomic E-state index is -3.78. The van der Waals surface area contributed by atoms with E-state index >= 15 is 0 Å².